The minimum Gasteiger partial charge on any atom is -0.481 e. The van der Waals surface area contributed by atoms with Crippen LogP contribution in [0.25, 0.3) is 0 Å². The van der Waals surface area contributed by atoms with Crippen LogP contribution in [-0.4, -0.2) is 23.5 Å². The van der Waals surface area contributed by atoms with Crippen LogP contribution in [0.15, 0.2) is 24.3 Å². The number of amides is 1. The maximum absolute atomic E-state index is 11.7. The number of rotatable bonds is 8. The van der Waals surface area contributed by atoms with Crippen molar-refractivity contribution in [3.63, 3.8) is 0 Å². The molecule has 0 aliphatic heterocycles. The van der Waals surface area contributed by atoms with Gasteiger partial charge in [-0.2, -0.15) is 0 Å². The summed E-state index contributed by atoms with van der Waals surface area (Å²) in [5.41, 5.74) is 2.37. The Kier molecular flexibility index (Phi) is 6.77. The zero-order valence-corrected chi connectivity index (χ0v) is 12.2. The number of carboxylic acid groups (broad SMARTS) is 1. The summed E-state index contributed by atoms with van der Waals surface area (Å²) in [5, 5.41) is 11.4. The van der Waals surface area contributed by atoms with Gasteiger partial charge >= 0.3 is 5.97 Å². The number of hydrogen-bond acceptors (Lipinski definition) is 2. The summed E-state index contributed by atoms with van der Waals surface area (Å²) in [4.78, 5) is 22.1. The quantitative estimate of drug-likeness (QED) is 0.767. The average Bonchev–Trinajstić information content (AvgIpc) is 2.42. The maximum Gasteiger partial charge on any atom is 0.303 e. The van der Waals surface area contributed by atoms with E-state index in [0.717, 1.165) is 12.0 Å². The van der Waals surface area contributed by atoms with Gasteiger partial charge in [0.25, 0.3) is 0 Å². The molecule has 4 heteroatoms. The van der Waals surface area contributed by atoms with Gasteiger partial charge in [-0.25, -0.2) is 0 Å². The van der Waals surface area contributed by atoms with Crippen molar-refractivity contribution in [2.75, 3.05) is 6.54 Å². The predicted octanol–water partition coefficient (Wildman–Crippen LogP) is 2.54. The normalized spacial score (nSPS) is 11.9. The molecule has 0 aromatic heterocycles. The Morgan fingerprint density at radius 1 is 1.20 bits per heavy atom. The van der Waals surface area contributed by atoms with Gasteiger partial charge in [-0.15, -0.1) is 0 Å². The van der Waals surface area contributed by atoms with E-state index < -0.39 is 5.97 Å². The standard InChI is InChI=1S/C16H23NO3/c1-12-3-6-14(7-4-12)8-9-15(18)17-11-13(2)5-10-16(19)20/h3-4,6-7,13H,5,8-11H2,1-2H3,(H,17,18)(H,19,20). The Labute approximate surface area is 120 Å². The number of aryl methyl sites for hydroxylation is 2. The van der Waals surface area contributed by atoms with Gasteiger partial charge in [-0.1, -0.05) is 36.8 Å². The van der Waals surface area contributed by atoms with Crippen molar-refractivity contribution in [3.05, 3.63) is 35.4 Å². The van der Waals surface area contributed by atoms with E-state index in [-0.39, 0.29) is 18.2 Å². The van der Waals surface area contributed by atoms with E-state index in [4.69, 9.17) is 5.11 Å². The number of hydrogen-bond donors (Lipinski definition) is 2. The summed E-state index contributed by atoms with van der Waals surface area (Å²) in [6.07, 6.45) is 1.94. The third kappa shape index (κ3) is 6.92. The molecular weight excluding hydrogens is 254 g/mol. The van der Waals surface area contributed by atoms with Crippen molar-refractivity contribution in [1.82, 2.24) is 5.32 Å². The van der Waals surface area contributed by atoms with Crippen LogP contribution in [0.2, 0.25) is 0 Å². The van der Waals surface area contributed by atoms with Crippen molar-refractivity contribution in [2.24, 2.45) is 5.92 Å². The molecule has 0 saturated heterocycles. The zero-order chi connectivity index (χ0) is 15.0. The number of nitrogens with one attached hydrogen (secondary N) is 1. The summed E-state index contributed by atoms with van der Waals surface area (Å²) >= 11 is 0. The van der Waals surface area contributed by atoms with E-state index in [1.165, 1.54) is 5.56 Å². The van der Waals surface area contributed by atoms with E-state index in [0.29, 0.717) is 19.4 Å². The fourth-order valence-electron chi connectivity index (χ4n) is 1.86. The molecule has 1 aromatic rings. The lowest BCUT2D eigenvalue weighted by atomic mass is 10.1. The van der Waals surface area contributed by atoms with Gasteiger partial charge in [-0.3, -0.25) is 9.59 Å². The molecule has 0 fully saturated rings. The van der Waals surface area contributed by atoms with E-state index >= 15 is 0 Å². The molecule has 0 aliphatic rings. The Morgan fingerprint density at radius 2 is 1.85 bits per heavy atom. The van der Waals surface area contributed by atoms with Crippen LogP contribution >= 0.6 is 0 Å². The fourth-order valence-corrected chi connectivity index (χ4v) is 1.86. The molecule has 0 radical (unpaired) electrons. The summed E-state index contributed by atoms with van der Waals surface area (Å²) < 4.78 is 0. The van der Waals surface area contributed by atoms with Crippen molar-refractivity contribution in [1.29, 1.82) is 0 Å². The molecule has 110 valence electrons. The number of carbonyl (C=O) groups excluding carboxylic acids is 1. The van der Waals surface area contributed by atoms with Gasteiger partial charge in [0.15, 0.2) is 0 Å². The smallest absolute Gasteiger partial charge is 0.303 e. The summed E-state index contributed by atoms with van der Waals surface area (Å²) in [5.74, 6) is -0.579. The molecule has 0 aliphatic carbocycles. The highest BCUT2D eigenvalue weighted by Gasteiger charge is 2.08. The first-order valence-corrected chi connectivity index (χ1v) is 7.01. The lowest BCUT2D eigenvalue weighted by Gasteiger charge is -2.11. The first kappa shape index (κ1) is 16.2. The van der Waals surface area contributed by atoms with Crippen LogP contribution in [-0.2, 0) is 16.0 Å². The second-order valence-electron chi connectivity index (χ2n) is 5.33. The van der Waals surface area contributed by atoms with Gasteiger partial charge in [-0.05, 0) is 31.2 Å². The highest BCUT2D eigenvalue weighted by atomic mass is 16.4. The van der Waals surface area contributed by atoms with E-state index in [2.05, 4.69) is 5.32 Å². The van der Waals surface area contributed by atoms with Gasteiger partial charge in [0, 0.05) is 19.4 Å². The van der Waals surface area contributed by atoms with Gasteiger partial charge < -0.3 is 10.4 Å². The van der Waals surface area contributed by atoms with Crippen LogP contribution < -0.4 is 5.32 Å². The minimum atomic E-state index is -0.789. The molecule has 0 bridgehead atoms. The molecule has 20 heavy (non-hydrogen) atoms. The molecule has 0 heterocycles. The molecule has 0 spiro atoms. The van der Waals surface area contributed by atoms with Crippen LogP contribution in [0, 0.1) is 12.8 Å². The summed E-state index contributed by atoms with van der Waals surface area (Å²) in [7, 11) is 0. The van der Waals surface area contributed by atoms with Crippen molar-refractivity contribution < 1.29 is 14.7 Å². The summed E-state index contributed by atoms with van der Waals surface area (Å²) in [6, 6.07) is 8.17. The predicted molar refractivity (Wildman–Crippen MR) is 78.5 cm³/mol. The second-order valence-corrected chi connectivity index (χ2v) is 5.33. The highest BCUT2D eigenvalue weighted by molar-refractivity contribution is 5.76. The number of aliphatic carboxylic acids is 1. The number of carbonyl (C=O) groups is 2. The Bertz CT molecular complexity index is 440. The van der Waals surface area contributed by atoms with Crippen molar-refractivity contribution in [2.45, 2.75) is 39.5 Å². The monoisotopic (exact) mass is 277 g/mol. The minimum absolute atomic E-state index is 0.0211. The van der Waals surface area contributed by atoms with Crippen LogP contribution in [0.1, 0.15) is 37.3 Å². The van der Waals surface area contributed by atoms with Crippen LogP contribution in [0.4, 0.5) is 0 Å². The molecule has 1 unspecified atom stereocenters. The topological polar surface area (TPSA) is 66.4 Å². The van der Waals surface area contributed by atoms with Gasteiger partial charge in [0.05, 0.1) is 0 Å². The Morgan fingerprint density at radius 3 is 2.45 bits per heavy atom. The largest absolute Gasteiger partial charge is 0.481 e. The molecule has 1 atom stereocenters. The summed E-state index contributed by atoms with van der Waals surface area (Å²) in [6.45, 7) is 4.53. The van der Waals surface area contributed by atoms with Crippen LogP contribution in [0.5, 0.6) is 0 Å². The number of carboxylic acids is 1. The van der Waals surface area contributed by atoms with E-state index in [1.54, 1.807) is 0 Å². The second kappa shape index (κ2) is 8.35. The zero-order valence-electron chi connectivity index (χ0n) is 12.2. The Balaban J connectivity index is 2.20. The molecule has 4 nitrogen and oxygen atoms in total. The van der Waals surface area contributed by atoms with Gasteiger partial charge in [0.1, 0.15) is 0 Å². The first-order valence-electron chi connectivity index (χ1n) is 7.01. The van der Waals surface area contributed by atoms with Crippen molar-refractivity contribution >= 4 is 11.9 Å². The molecule has 1 aromatic carbocycles. The molecular formula is C16H23NO3. The third-order valence-electron chi connectivity index (χ3n) is 3.26. The SMILES string of the molecule is Cc1ccc(CCC(=O)NCC(C)CCC(=O)O)cc1. The molecule has 0 saturated carbocycles. The fraction of sp³-hybridized carbons (Fsp3) is 0.500. The lowest BCUT2D eigenvalue weighted by molar-refractivity contribution is -0.137. The third-order valence-corrected chi connectivity index (χ3v) is 3.26. The van der Waals surface area contributed by atoms with Crippen LogP contribution in [0.3, 0.4) is 0 Å². The first-order chi connectivity index (χ1) is 9.47. The van der Waals surface area contributed by atoms with E-state index in [9.17, 15) is 9.59 Å². The molecule has 2 N–H and O–H groups in total. The molecule has 1 rings (SSSR count). The Hall–Kier alpha value is -1.84. The van der Waals surface area contributed by atoms with Crippen molar-refractivity contribution in [3.8, 4) is 0 Å². The lowest BCUT2D eigenvalue weighted by Crippen LogP contribution is -2.28. The molecule has 1 amide bonds. The van der Waals surface area contributed by atoms with E-state index in [1.807, 2.05) is 38.1 Å². The average molecular weight is 277 g/mol. The maximum atomic E-state index is 11.7. The highest BCUT2D eigenvalue weighted by Crippen LogP contribution is 2.07. The van der Waals surface area contributed by atoms with Gasteiger partial charge in [0.2, 0.25) is 5.91 Å². The number of benzene rings is 1.